The summed E-state index contributed by atoms with van der Waals surface area (Å²) in [6.45, 7) is 1.26. The molecule has 0 radical (unpaired) electrons. The van der Waals surface area contributed by atoms with Gasteiger partial charge >= 0.3 is 0 Å². The van der Waals surface area contributed by atoms with Crippen molar-refractivity contribution in [2.45, 2.75) is 37.8 Å². The van der Waals surface area contributed by atoms with E-state index in [1.807, 2.05) is 0 Å². The van der Waals surface area contributed by atoms with Crippen molar-refractivity contribution in [1.29, 1.82) is 0 Å². The van der Waals surface area contributed by atoms with Gasteiger partial charge < -0.3 is 4.98 Å². The van der Waals surface area contributed by atoms with Gasteiger partial charge in [0.15, 0.2) is 0 Å². The highest BCUT2D eigenvalue weighted by atomic mass is 15.3. The predicted octanol–water partition coefficient (Wildman–Crippen LogP) is 2.86. The topological polar surface area (TPSA) is 31.9 Å². The third-order valence-corrected chi connectivity index (χ3v) is 4.33. The minimum absolute atomic E-state index is 0.549. The minimum atomic E-state index is 0.549. The highest BCUT2D eigenvalue weighted by Gasteiger charge is 2.38. The molecule has 2 aromatic rings. The Bertz CT molecular complexity index is 508. The average Bonchev–Trinajstić information content (AvgIpc) is 2.64. The van der Waals surface area contributed by atoms with Gasteiger partial charge in [0, 0.05) is 12.6 Å². The number of nitrogens with one attached hydrogen (secondary N) is 1. The molecule has 17 heavy (non-hydrogen) atoms. The Balaban J connectivity index is 1.65. The van der Waals surface area contributed by atoms with E-state index >= 15 is 0 Å². The lowest BCUT2D eigenvalue weighted by atomic mass is 9.86. The third-order valence-electron chi connectivity index (χ3n) is 4.33. The van der Waals surface area contributed by atoms with Gasteiger partial charge in [0.1, 0.15) is 5.82 Å². The van der Waals surface area contributed by atoms with Gasteiger partial charge in [-0.15, -0.1) is 0 Å². The Labute approximate surface area is 101 Å². The number of fused-ring (bicyclic) bond motifs is 1. The van der Waals surface area contributed by atoms with E-state index in [9.17, 15) is 0 Å². The van der Waals surface area contributed by atoms with Crippen molar-refractivity contribution in [1.82, 2.24) is 14.9 Å². The maximum Gasteiger partial charge on any atom is 0.124 e. The molecule has 1 N–H and O–H groups in total. The molecule has 1 unspecified atom stereocenters. The summed E-state index contributed by atoms with van der Waals surface area (Å²) in [5, 5.41) is 0. The van der Waals surface area contributed by atoms with Crippen molar-refractivity contribution >= 4 is 11.0 Å². The van der Waals surface area contributed by atoms with Gasteiger partial charge in [-0.3, -0.25) is 4.90 Å². The molecule has 1 atom stereocenters. The van der Waals surface area contributed by atoms with Gasteiger partial charge in [0.25, 0.3) is 0 Å². The lowest BCUT2D eigenvalue weighted by Gasteiger charge is -2.48. The Morgan fingerprint density at radius 1 is 1.18 bits per heavy atom. The van der Waals surface area contributed by atoms with Crippen LogP contribution in [-0.2, 0) is 0 Å². The molecule has 0 amide bonds. The van der Waals surface area contributed by atoms with Gasteiger partial charge in [-0.2, -0.15) is 0 Å². The summed E-state index contributed by atoms with van der Waals surface area (Å²) in [5.41, 5.74) is 2.27. The number of hydrogen-bond donors (Lipinski definition) is 1. The second-order valence-corrected chi connectivity index (χ2v) is 5.27. The number of rotatable bonds is 2. The van der Waals surface area contributed by atoms with E-state index in [1.165, 1.54) is 43.6 Å². The molecule has 0 spiro atoms. The maximum atomic E-state index is 4.73. The quantitative estimate of drug-likeness (QED) is 0.855. The fraction of sp³-hybridized carbons (Fsp3) is 0.500. The smallest absolute Gasteiger partial charge is 0.124 e. The normalized spacial score (nSPS) is 25.8. The van der Waals surface area contributed by atoms with Crippen LogP contribution in [0.4, 0.5) is 0 Å². The second kappa shape index (κ2) is 3.57. The SMILES string of the molecule is c1ccc2[nH]c(C3CCN3C3CCC3)nc2c1. The molecule has 2 heterocycles. The largest absolute Gasteiger partial charge is 0.341 e. The zero-order valence-corrected chi connectivity index (χ0v) is 9.89. The summed E-state index contributed by atoms with van der Waals surface area (Å²) >= 11 is 0. The van der Waals surface area contributed by atoms with Crippen LogP contribution in [0.3, 0.4) is 0 Å². The van der Waals surface area contributed by atoms with Gasteiger partial charge in [0.05, 0.1) is 17.1 Å². The van der Waals surface area contributed by atoms with E-state index in [0.29, 0.717) is 6.04 Å². The van der Waals surface area contributed by atoms with Gasteiger partial charge in [-0.25, -0.2) is 4.98 Å². The standard InChI is InChI=1S/C14H17N3/c1-2-7-12-11(6-1)15-14(16-12)13-8-9-17(13)10-4-3-5-10/h1-2,6-7,10,13H,3-5,8-9H2,(H,15,16). The second-order valence-electron chi connectivity index (χ2n) is 5.27. The maximum absolute atomic E-state index is 4.73. The van der Waals surface area contributed by atoms with E-state index in [-0.39, 0.29) is 0 Å². The van der Waals surface area contributed by atoms with Crippen molar-refractivity contribution in [2.75, 3.05) is 6.54 Å². The summed E-state index contributed by atoms with van der Waals surface area (Å²) in [6, 6.07) is 9.70. The summed E-state index contributed by atoms with van der Waals surface area (Å²) in [6.07, 6.45) is 5.44. The number of nitrogens with zero attached hydrogens (tertiary/aromatic N) is 2. The summed E-state index contributed by atoms with van der Waals surface area (Å²) in [7, 11) is 0. The monoisotopic (exact) mass is 227 g/mol. The average molecular weight is 227 g/mol. The van der Waals surface area contributed by atoms with E-state index in [4.69, 9.17) is 4.98 Å². The predicted molar refractivity (Wildman–Crippen MR) is 67.8 cm³/mol. The molecule has 2 aliphatic rings. The minimum Gasteiger partial charge on any atom is -0.341 e. The first-order valence-electron chi connectivity index (χ1n) is 6.62. The molecule has 1 saturated heterocycles. The summed E-state index contributed by atoms with van der Waals surface area (Å²) in [5.74, 6) is 1.17. The van der Waals surface area contributed by atoms with Crippen molar-refractivity contribution in [3.63, 3.8) is 0 Å². The van der Waals surface area contributed by atoms with Crippen LogP contribution in [0.2, 0.25) is 0 Å². The van der Waals surface area contributed by atoms with Crippen molar-refractivity contribution < 1.29 is 0 Å². The molecule has 88 valence electrons. The van der Waals surface area contributed by atoms with Gasteiger partial charge in [0.2, 0.25) is 0 Å². The summed E-state index contributed by atoms with van der Waals surface area (Å²) in [4.78, 5) is 10.8. The highest BCUT2D eigenvalue weighted by molar-refractivity contribution is 5.74. The van der Waals surface area contributed by atoms with E-state index in [2.05, 4.69) is 34.1 Å². The molecule has 3 heteroatoms. The van der Waals surface area contributed by atoms with E-state index in [0.717, 1.165) is 11.6 Å². The number of H-pyrrole nitrogens is 1. The molecule has 1 saturated carbocycles. The molecular formula is C14H17N3. The van der Waals surface area contributed by atoms with Crippen molar-refractivity contribution in [3.8, 4) is 0 Å². The van der Waals surface area contributed by atoms with Crippen LogP contribution in [0, 0.1) is 0 Å². The van der Waals surface area contributed by atoms with Crippen LogP contribution in [0.5, 0.6) is 0 Å². The molecule has 0 bridgehead atoms. The Hall–Kier alpha value is -1.35. The number of aromatic nitrogens is 2. The van der Waals surface area contributed by atoms with Gasteiger partial charge in [-0.05, 0) is 31.4 Å². The lowest BCUT2D eigenvalue weighted by Crippen LogP contribution is -2.50. The number of aromatic amines is 1. The molecule has 2 fully saturated rings. The first kappa shape index (κ1) is 9.66. The van der Waals surface area contributed by atoms with E-state index in [1.54, 1.807) is 0 Å². The van der Waals surface area contributed by atoms with Crippen LogP contribution < -0.4 is 0 Å². The molecule has 3 nitrogen and oxygen atoms in total. The molecule has 1 aliphatic heterocycles. The fourth-order valence-electron chi connectivity index (χ4n) is 2.99. The molecule has 1 aliphatic carbocycles. The zero-order valence-electron chi connectivity index (χ0n) is 9.89. The molecule has 1 aromatic heterocycles. The van der Waals surface area contributed by atoms with Crippen LogP contribution in [0.1, 0.15) is 37.5 Å². The Morgan fingerprint density at radius 3 is 2.71 bits per heavy atom. The first-order chi connectivity index (χ1) is 8.42. The first-order valence-corrected chi connectivity index (χ1v) is 6.62. The number of hydrogen-bond acceptors (Lipinski definition) is 2. The van der Waals surface area contributed by atoms with Crippen molar-refractivity contribution in [2.24, 2.45) is 0 Å². The van der Waals surface area contributed by atoms with Crippen LogP contribution >= 0.6 is 0 Å². The Kier molecular flexibility index (Phi) is 2.03. The summed E-state index contributed by atoms with van der Waals surface area (Å²) < 4.78 is 0. The van der Waals surface area contributed by atoms with Crippen LogP contribution in [0.25, 0.3) is 11.0 Å². The Morgan fingerprint density at radius 2 is 2.06 bits per heavy atom. The molecule has 1 aromatic carbocycles. The molecular weight excluding hydrogens is 210 g/mol. The number of benzene rings is 1. The van der Waals surface area contributed by atoms with Crippen LogP contribution in [-0.4, -0.2) is 27.5 Å². The lowest BCUT2D eigenvalue weighted by molar-refractivity contribution is 0.000272. The van der Waals surface area contributed by atoms with Crippen molar-refractivity contribution in [3.05, 3.63) is 30.1 Å². The number of para-hydroxylation sites is 2. The van der Waals surface area contributed by atoms with E-state index < -0.39 is 0 Å². The third kappa shape index (κ3) is 1.42. The van der Waals surface area contributed by atoms with Gasteiger partial charge in [-0.1, -0.05) is 18.6 Å². The number of likely N-dealkylation sites (tertiary alicyclic amines) is 1. The zero-order chi connectivity index (χ0) is 11.2. The molecule has 4 rings (SSSR count). The van der Waals surface area contributed by atoms with Crippen LogP contribution in [0.15, 0.2) is 24.3 Å². The fourth-order valence-corrected chi connectivity index (χ4v) is 2.99. The number of imidazole rings is 1. The highest BCUT2D eigenvalue weighted by Crippen LogP contribution is 2.39.